The minimum absolute atomic E-state index is 0.0339. The van der Waals surface area contributed by atoms with E-state index in [-0.39, 0.29) is 30.0 Å². The molecule has 1 unspecified atom stereocenters. The van der Waals surface area contributed by atoms with E-state index < -0.39 is 39.6 Å². The van der Waals surface area contributed by atoms with Crippen LogP contribution >= 0.6 is 0 Å². The number of hydrazine groups is 1. The van der Waals surface area contributed by atoms with Crippen molar-refractivity contribution in [2.75, 3.05) is 6.54 Å². The molecule has 0 heterocycles. The van der Waals surface area contributed by atoms with E-state index in [0.29, 0.717) is 0 Å². The quantitative estimate of drug-likeness (QED) is 0.404. The first-order valence-electron chi connectivity index (χ1n) is 8.94. The van der Waals surface area contributed by atoms with E-state index in [1.807, 2.05) is 0 Å². The second-order valence-electron chi connectivity index (χ2n) is 6.18. The van der Waals surface area contributed by atoms with Crippen molar-refractivity contribution >= 4 is 21.8 Å². The second-order valence-corrected chi connectivity index (χ2v) is 7.95. The maximum atomic E-state index is 13.5. The lowest BCUT2D eigenvalue weighted by Gasteiger charge is -2.15. The van der Waals surface area contributed by atoms with Crippen LogP contribution in [-0.2, 0) is 19.6 Å². The topological polar surface area (TPSA) is 114 Å². The largest absolute Gasteiger partial charge is 0.478 e. The van der Waals surface area contributed by atoms with Gasteiger partial charge in [-0.2, -0.15) is 0 Å². The summed E-state index contributed by atoms with van der Waals surface area (Å²) in [6.45, 7) is 1.35. The molecule has 0 radical (unpaired) electrons. The van der Waals surface area contributed by atoms with Gasteiger partial charge in [0.05, 0.1) is 4.90 Å². The van der Waals surface area contributed by atoms with Crippen LogP contribution in [0.1, 0.15) is 19.8 Å². The van der Waals surface area contributed by atoms with Crippen LogP contribution in [0.5, 0.6) is 5.75 Å². The Morgan fingerprint density at radius 1 is 1.03 bits per heavy atom. The number of benzene rings is 2. The van der Waals surface area contributed by atoms with E-state index in [9.17, 15) is 26.8 Å². The number of hydrogen-bond donors (Lipinski definition) is 3. The number of ether oxygens (including phenoxy) is 1. The van der Waals surface area contributed by atoms with Gasteiger partial charge in [-0.15, -0.1) is 0 Å². The molecule has 2 aromatic rings. The minimum atomic E-state index is -3.81. The van der Waals surface area contributed by atoms with Crippen molar-refractivity contribution in [1.29, 1.82) is 0 Å². The van der Waals surface area contributed by atoms with Gasteiger partial charge in [0.2, 0.25) is 15.9 Å². The fourth-order valence-corrected chi connectivity index (χ4v) is 3.31. The van der Waals surface area contributed by atoms with Crippen LogP contribution in [0.3, 0.4) is 0 Å². The Morgan fingerprint density at radius 3 is 2.37 bits per heavy atom. The molecule has 0 aliphatic heterocycles. The number of para-hydroxylation sites is 1. The summed E-state index contributed by atoms with van der Waals surface area (Å²) in [4.78, 5) is 23.6. The highest BCUT2D eigenvalue weighted by molar-refractivity contribution is 7.89. The van der Waals surface area contributed by atoms with Crippen molar-refractivity contribution in [2.24, 2.45) is 0 Å². The Balaban J connectivity index is 1.68. The lowest BCUT2D eigenvalue weighted by atomic mass is 10.3. The fourth-order valence-electron chi connectivity index (χ4n) is 2.23. The summed E-state index contributed by atoms with van der Waals surface area (Å²) in [7, 11) is -3.81. The molecular weight excluding hydrogens is 420 g/mol. The van der Waals surface area contributed by atoms with Crippen LogP contribution in [0.15, 0.2) is 53.4 Å². The summed E-state index contributed by atoms with van der Waals surface area (Å²) in [5, 5.41) is 0. The van der Waals surface area contributed by atoms with Gasteiger partial charge in [0, 0.05) is 13.0 Å². The molecule has 0 saturated heterocycles. The van der Waals surface area contributed by atoms with Gasteiger partial charge in [-0.1, -0.05) is 12.1 Å². The highest BCUT2D eigenvalue weighted by Crippen LogP contribution is 2.16. The van der Waals surface area contributed by atoms with E-state index >= 15 is 0 Å². The van der Waals surface area contributed by atoms with Crippen molar-refractivity contribution < 1.29 is 31.5 Å². The summed E-state index contributed by atoms with van der Waals surface area (Å²) in [5.41, 5.74) is 4.32. The third-order valence-electron chi connectivity index (χ3n) is 3.83. The molecule has 0 spiro atoms. The van der Waals surface area contributed by atoms with Crippen molar-refractivity contribution in [3.05, 3.63) is 60.2 Å². The number of carbonyl (C=O) groups excluding carboxylic acids is 2. The zero-order valence-corrected chi connectivity index (χ0v) is 16.8. The normalized spacial score (nSPS) is 12.1. The number of rotatable bonds is 9. The first kappa shape index (κ1) is 23.2. The van der Waals surface area contributed by atoms with Crippen molar-refractivity contribution in [2.45, 2.75) is 30.8 Å². The van der Waals surface area contributed by atoms with Gasteiger partial charge >= 0.3 is 0 Å². The SMILES string of the molecule is CC(Oc1ccccc1F)C(=O)NNC(=O)CCCNS(=O)(=O)c1ccc(F)cc1. The predicted molar refractivity (Wildman–Crippen MR) is 104 cm³/mol. The van der Waals surface area contributed by atoms with Gasteiger partial charge < -0.3 is 4.74 Å². The lowest BCUT2D eigenvalue weighted by Crippen LogP contribution is -2.47. The van der Waals surface area contributed by atoms with Crippen molar-refractivity contribution in [3.63, 3.8) is 0 Å². The molecule has 30 heavy (non-hydrogen) atoms. The summed E-state index contributed by atoms with van der Waals surface area (Å²) in [5.74, 6) is -2.52. The molecule has 162 valence electrons. The lowest BCUT2D eigenvalue weighted by molar-refractivity contribution is -0.132. The van der Waals surface area contributed by atoms with Gasteiger partial charge in [0.25, 0.3) is 5.91 Å². The van der Waals surface area contributed by atoms with E-state index in [2.05, 4.69) is 15.6 Å². The molecule has 0 fully saturated rings. The Hall–Kier alpha value is -3.05. The summed E-state index contributed by atoms with van der Waals surface area (Å²) >= 11 is 0. The standard InChI is InChI=1S/C19H21F2N3O5S/c1-13(29-17-6-3-2-5-16(17)21)19(26)24-23-18(25)7-4-12-22-30(27,28)15-10-8-14(20)9-11-15/h2-3,5-6,8-11,13,22H,4,7,12H2,1H3,(H,23,25)(H,24,26). The van der Waals surface area contributed by atoms with Crippen LogP contribution in [0.2, 0.25) is 0 Å². The summed E-state index contributed by atoms with van der Waals surface area (Å²) in [6, 6.07) is 9.90. The van der Waals surface area contributed by atoms with Gasteiger partial charge in [0.15, 0.2) is 17.7 Å². The maximum absolute atomic E-state index is 13.5. The molecule has 1 atom stereocenters. The Kier molecular flexibility index (Phi) is 8.25. The Morgan fingerprint density at radius 2 is 1.70 bits per heavy atom. The average molecular weight is 441 g/mol. The first-order chi connectivity index (χ1) is 14.2. The monoisotopic (exact) mass is 441 g/mol. The highest BCUT2D eigenvalue weighted by atomic mass is 32.2. The predicted octanol–water partition coefficient (Wildman–Crippen LogP) is 1.64. The van der Waals surface area contributed by atoms with Crippen LogP contribution in [0.4, 0.5) is 8.78 Å². The molecule has 3 N–H and O–H groups in total. The number of amides is 2. The number of hydrogen-bond acceptors (Lipinski definition) is 5. The molecule has 0 saturated carbocycles. The zero-order valence-electron chi connectivity index (χ0n) is 16.0. The minimum Gasteiger partial charge on any atom is -0.478 e. The molecule has 8 nitrogen and oxygen atoms in total. The van der Waals surface area contributed by atoms with Crippen LogP contribution in [0.25, 0.3) is 0 Å². The third-order valence-corrected chi connectivity index (χ3v) is 5.31. The first-order valence-corrected chi connectivity index (χ1v) is 10.4. The number of nitrogens with one attached hydrogen (secondary N) is 3. The van der Waals surface area contributed by atoms with E-state index in [0.717, 1.165) is 24.3 Å². The fraction of sp³-hybridized carbons (Fsp3) is 0.263. The summed E-state index contributed by atoms with van der Waals surface area (Å²) in [6.07, 6.45) is -0.984. The van der Waals surface area contributed by atoms with E-state index in [4.69, 9.17) is 4.74 Å². The third kappa shape index (κ3) is 7.08. The number of sulfonamides is 1. The molecule has 2 amide bonds. The number of carbonyl (C=O) groups is 2. The second kappa shape index (κ2) is 10.6. The van der Waals surface area contributed by atoms with Crippen molar-refractivity contribution in [1.82, 2.24) is 15.6 Å². The molecule has 0 aliphatic carbocycles. The molecular formula is C19H21F2N3O5S. The molecule has 2 rings (SSSR count). The smallest absolute Gasteiger partial charge is 0.279 e. The van der Waals surface area contributed by atoms with Crippen molar-refractivity contribution in [3.8, 4) is 5.75 Å². The van der Waals surface area contributed by atoms with Crippen LogP contribution in [-0.4, -0.2) is 32.9 Å². The Labute approximate surface area is 172 Å². The van der Waals surface area contributed by atoms with Gasteiger partial charge in [-0.3, -0.25) is 20.4 Å². The molecule has 0 bridgehead atoms. The van der Waals surface area contributed by atoms with Gasteiger partial charge in [0.1, 0.15) is 5.82 Å². The number of halogens is 2. The molecule has 2 aromatic carbocycles. The highest BCUT2D eigenvalue weighted by Gasteiger charge is 2.17. The van der Waals surface area contributed by atoms with Gasteiger partial charge in [-0.05, 0) is 49.7 Å². The molecule has 0 aliphatic rings. The average Bonchev–Trinajstić information content (AvgIpc) is 2.71. The Bertz CT molecular complexity index is 984. The molecule has 0 aromatic heterocycles. The van der Waals surface area contributed by atoms with E-state index in [1.54, 1.807) is 6.07 Å². The maximum Gasteiger partial charge on any atom is 0.279 e. The van der Waals surface area contributed by atoms with Crippen LogP contribution < -0.4 is 20.3 Å². The van der Waals surface area contributed by atoms with Crippen LogP contribution in [0, 0.1) is 11.6 Å². The van der Waals surface area contributed by atoms with E-state index in [1.165, 1.54) is 25.1 Å². The van der Waals surface area contributed by atoms with Gasteiger partial charge in [-0.25, -0.2) is 21.9 Å². The zero-order chi connectivity index (χ0) is 22.1. The summed E-state index contributed by atoms with van der Waals surface area (Å²) < 4.78 is 57.9. The molecule has 11 heteroatoms.